The molecule has 0 aromatic heterocycles. The van der Waals surface area contributed by atoms with E-state index in [9.17, 15) is 4.79 Å². The van der Waals surface area contributed by atoms with Gasteiger partial charge in [-0.25, -0.2) is 4.79 Å². The summed E-state index contributed by atoms with van der Waals surface area (Å²) in [6.07, 6.45) is 1.16. The second kappa shape index (κ2) is 7.04. The highest BCUT2D eigenvalue weighted by atomic mass is 16.7. The Morgan fingerprint density at radius 3 is 2.35 bits per heavy atom. The minimum Gasteiger partial charge on any atom is -0.434 e. The van der Waals surface area contributed by atoms with E-state index < -0.39 is 6.16 Å². The molecule has 4 aromatic rings. The van der Waals surface area contributed by atoms with Gasteiger partial charge in [0.2, 0.25) is 0 Å². The number of carbonyl (C=O) groups is 1. The summed E-state index contributed by atoms with van der Waals surface area (Å²) < 4.78 is 10.6. The van der Waals surface area contributed by atoms with Crippen molar-refractivity contribution in [3.05, 3.63) is 66.7 Å². The lowest BCUT2D eigenvalue weighted by atomic mass is 9.97. The Hall–Kier alpha value is -3.07. The lowest BCUT2D eigenvalue weighted by Gasteiger charge is -2.11. The summed E-state index contributed by atoms with van der Waals surface area (Å²) in [5.74, 6) is 0.527. The van der Waals surface area contributed by atoms with Crippen molar-refractivity contribution in [2.75, 3.05) is 6.61 Å². The van der Waals surface area contributed by atoms with Crippen LogP contribution in [0.25, 0.3) is 32.3 Å². The Morgan fingerprint density at radius 2 is 1.46 bits per heavy atom. The molecule has 0 spiro atoms. The Bertz CT molecular complexity index is 1100. The van der Waals surface area contributed by atoms with Crippen LogP contribution < -0.4 is 4.74 Å². The molecular weight excluding hydrogens is 324 g/mol. The standard InChI is InChI=1S/C23H20O3/c1-2-3-15-25-23(24)26-22-10-6-9-18-20-12-11-16-7-4-5-8-17(16)19(20)13-14-21(18)22/h4-14H,2-3,15H2,1H3. The molecule has 3 nitrogen and oxygen atoms in total. The van der Waals surface area contributed by atoms with Crippen LogP contribution in [0.2, 0.25) is 0 Å². The molecule has 0 fully saturated rings. The van der Waals surface area contributed by atoms with Crippen molar-refractivity contribution < 1.29 is 14.3 Å². The zero-order valence-corrected chi connectivity index (χ0v) is 14.7. The van der Waals surface area contributed by atoms with Gasteiger partial charge in [-0.3, -0.25) is 0 Å². The maximum absolute atomic E-state index is 11.9. The Labute approximate surface area is 152 Å². The van der Waals surface area contributed by atoms with Gasteiger partial charge < -0.3 is 9.47 Å². The van der Waals surface area contributed by atoms with E-state index in [4.69, 9.17) is 9.47 Å². The smallest absolute Gasteiger partial charge is 0.434 e. The van der Waals surface area contributed by atoms with Gasteiger partial charge in [0.05, 0.1) is 6.61 Å². The summed E-state index contributed by atoms with van der Waals surface area (Å²) in [7, 11) is 0. The third-order valence-electron chi connectivity index (χ3n) is 4.65. The maximum atomic E-state index is 11.9. The molecule has 4 rings (SSSR count). The molecule has 0 N–H and O–H groups in total. The molecule has 0 saturated carbocycles. The first-order valence-corrected chi connectivity index (χ1v) is 8.96. The molecule has 0 bridgehead atoms. The normalized spacial score (nSPS) is 11.1. The van der Waals surface area contributed by atoms with E-state index in [2.05, 4.69) is 42.5 Å². The SMILES string of the molecule is CCCCOC(=O)Oc1cccc2c1ccc1c3ccccc3ccc21. The second-order valence-corrected chi connectivity index (χ2v) is 6.35. The van der Waals surface area contributed by atoms with Gasteiger partial charge in [-0.15, -0.1) is 0 Å². The van der Waals surface area contributed by atoms with Gasteiger partial charge in [0.15, 0.2) is 0 Å². The molecule has 0 aliphatic rings. The molecule has 26 heavy (non-hydrogen) atoms. The van der Waals surface area contributed by atoms with Crippen molar-refractivity contribution in [2.24, 2.45) is 0 Å². The van der Waals surface area contributed by atoms with Crippen LogP contribution in [0.1, 0.15) is 19.8 Å². The molecule has 4 aromatic carbocycles. The van der Waals surface area contributed by atoms with E-state index in [0.717, 1.165) is 29.0 Å². The highest BCUT2D eigenvalue weighted by molar-refractivity contribution is 6.18. The first-order valence-electron chi connectivity index (χ1n) is 8.96. The third-order valence-corrected chi connectivity index (χ3v) is 4.65. The Morgan fingerprint density at radius 1 is 0.769 bits per heavy atom. The van der Waals surface area contributed by atoms with Crippen LogP contribution in [0.15, 0.2) is 66.7 Å². The first kappa shape index (κ1) is 16.4. The van der Waals surface area contributed by atoms with Crippen LogP contribution in [0, 0.1) is 0 Å². The van der Waals surface area contributed by atoms with Gasteiger partial charge in [0.1, 0.15) is 5.75 Å². The highest BCUT2D eigenvalue weighted by Crippen LogP contribution is 2.35. The molecule has 0 radical (unpaired) electrons. The maximum Gasteiger partial charge on any atom is 0.513 e. The van der Waals surface area contributed by atoms with Gasteiger partial charge in [-0.05, 0) is 45.5 Å². The van der Waals surface area contributed by atoms with Crippen LogP contribution in [0.4, 0.5) is 4.79 Å². The predicted octanol–water partition coefficient (Wildman–Crippen LogP) is 6.46. The van der Waals surface area contributed by atoms with Crippen molar-refractivity contribution in [3.8, 4) is 5.75 Å². The monoisotopic (exact) mass is 344 g/mol. The number of unbranched alkanes of at least 4 members (excludes halogenated alkanes) is 1. The molecule has 3 heteroatoms. The number of hydrogen-bond acceptors (Lipinski definition) is 3. The zero-order valence-electron chi connectivity index (χ0n) is 14.7. The van der Waals surface area contributed by atoms with E-state index in [-0.39, 0.29) is 0 Å². The van der Waals surface area contributed by atoms with Crippen molar-refractivity contribution in [2.45, 2.75) is 19.8 Å². The van der Waals surface area contributed by atoms with Crippen LogP contribution in [-0.4, -0.2) is 12.8 Å². The van der Waals surface area contributed by atoms with E-state index in [1.54, 1.807) is 6.07 Å². The fourth-order valence-corrected chi connectivity index (χ4v) is 3.34. The average molecular weight is 344 g/mol. The topological polar surface area (TPSA) is 35.5 Å². The van der Waals surface area contributed by atoms with Crippen LogP contribution in [0.3, 0.4) is 0 Å². The van der Waals surface area contributed by atoms with E-state index in [1.165, 1.54) is 16.2 Å². The van der Waals surface area contributed by atoms with Crippen LogP contribution in [0.5, 0.6) is 5.75 Å². The molecule has 0 heterocycles. The molecular formula is C23H20O3. The Balaban J connectivity index is 1.78. The molecule has 0 aliphatic carbocycles. The fourth-order valence-electron chi connectivity index (χ4n) is 3.34. The van der Waals surface area contributed by atoms with Gasteiger partial charge >= 0.3 is 6.16 Å². The molecule has 0 saturated heterocycles. The third kappa shape index (κ3) is 2.97. The number of carbonyl (C=O) groups excluding carboxylic acids is 1. The molecule has 0 aliphatic heterocycles. The summed E-state index contributed by atoms with van der Waals surface area (Å²) in [6, 6.07) is 22.5. The summed E-state index contributed by atoms with van der Waals surface area (Å²) in [5, 5.41) is 6.74. The molecule has 0 unspecified atom stereocenters. The first-order chi connectivity index (χ1) is 12.8. The van der Waals surface area contributed by atoms with Crippen molar-refractivity contribution in [3.63, 3.8) is 0 Å². The molecule has 130 valence electrons. The minimum atomic E-state index is -0.649. The average Bonchev–Trinajstić information content (AvgIpc) is 2.68. The van der Waals surface area contributed by atoms with Gasteiger partial charge in [-0.2, -0.15) is 0 Å². The number of rotatable bonds is 4. The Kier molecular flexibility index (Phi) is 4.44. The van der Waals surface area contributed by atoms with E-state index >= 15 is 0 Å². The number of hydrogen-bond donors (Lipinski definition) is 0. The number of ether oxygens (including phenoxy) is 2. The quantitative estimate of drug-likeness (QED) is 0.184. The number of benzene rings is 4. The van der Waals surface area contributed by atoms with Crippen LogP contribution in [-0.2, 0) is 4.74 Å². The van der Waals surface area contributed by atoms with Crippen molar-refractivity contribution in [1.29, 1.82) is 0 Å². The lowest BCUT2D eigenvalue weighted by molar-refractivity contribution is 0.0983. The molecule has 0 atom stereocenters. The second-order valence-electron chi connectivity index (χ2n) is 6.35. The highest BCUT2D eigenvalue weighted by Gasteiger charge is 2.11. The number of fused-ring (bicyclic) bond motifs is 5. The largest absolute Gasteiger partial charge is 0.513 e. The molecule has 0 amide bonds. The van der Waals surface area contributed by atoms with Gasteiger partial charge in [-0.1, -0.05) is 67.9 Å². The summed E-state index contributed by atoms with van der Waals surface area (Å²) >= 11 is 0. The zero-order chi connectivity index (χ0) is 17.9. The van der Waals surface area contributed by atoms with Crippen LogP contribution >= 0.6 is 0 Å². The summed E-state index contributed by atoms with van der Waals surface area (Å²) in [5.41, 5.74) is 0. The lowest BCUT2D eigenvalue weighted by Crippen LogP contribution is -2.11. The van der Waals surface area contributed by atoms with E-state index in [1.807, 2.05) is 25.1 Å². The van der Waals surface area contributed by atoms with Gasteiger partial charge in [0, 0.05) is 5.39 Å². The van der Waals surface area contributed by atoms with Crippen molar-refractivity contribution in [1.82, 2.24) is 0 Å². The fraction of sp³-hybridized carbons (Fsp3) is 0.174. The van der Waals surface area contributed by atoms with E-state index in [0.29, 0.717) is 12.4 Å². The predicted molar refractivity (Wildman–Crippen MR) is 106 cm³/mol. The van der Waals surface area contributed by atoms with Gasteiger partial charge in [0.25, 0.3) is 0 Å². The summed E-state index contributed by atoms with van der Waals surface area (Å²) in [4.78, 5) is 11.9. The minimum absolute atomic E-state index is 0.384. The van der Waals surface area contributed by atoms with Crippen molar-refractivity contribution >= 4 is 38.5 Å². The summed E-state index contributed by atoms with van der Waals surface area (Å²) in [6.45, 7) is 2.43.